The minimum absolute atomic E-state index is 0.0170. The Morgan fingerprint density at radius 1 is 1.27 bits per heavy atom. The van der Waals surface area contributed by atoms with Gasteiger partial charge in [-0.2, -0.15) is 5.26 Å². The quantitative estimate of drug-likeness (QED) is 0.845. The van der Waals surface area contributed by atoms with E-state index in [-0.39, 0.29) is 29.5 Å². The van der Waals surface area contributed by atoms with E-state index >= 15 is 0 Å². The Kier molecular flexibility index (Phi) is 6.70. The van der Waals surface area contributed by atoms with Gasteiger partial charge < -0.3 is 10.2 Å². The van der Waals surface area contributed by atoms with Crippen LogP contribution in [0.5, 0.6) is 0 Å². The van der Waals surface area contributed by atoms with Gasteiger partial charge in [0.05, 0.1) is 22.2 Å². The Morgan fingerprint density at radius 3 is 2.73 bits per heavy atom. The fourth-order valence-corrected chi connectivity index (χ4v) is 2.60. The Labute approximate surface area is 156 Å². The molecule has 0 fully saturated rings. The molecule has 2 amide bonds. The molecule has 0 saturated carbocycles. The standard InChI is InChI=1S/C19H17ClFN3O2/c1-24(12-14-4-2-3-13(9-14)11-22)18(25)7-8-23-19(26)16-6-5-15(21)10-17(16)20/h2-6,9-10H,7-8,12H2,1H3,(H,23,26). The average Bonchev–Trinajstić information content (AvgIpc) is 2.61. The molecular formula is C19H17ClFN3O2. The van der Waals surface area contributed by atoms with E-state index in [4.69, 9.17) is 16.9 Å². The van der Waals surface area contributed by atoms with Crippen molar-refractivity contribution in [2.45, 2.75) is 13.0 Å². The topological polar surface area (TPSA) is 73.2 Å². The summed E-state index contributed by atoms with van der Waals surface area (Å²) in [6.07, 6.45) is 0.110. The maximum Gasteiger partial charge on any atom is 0.252 e. The SMILES string of the molecule is CN(Cc1cccc(C#N)c1)C(=O)CCNC(=O)c1ccc(F)cc1Cl. The van der Waals surface area contributed by atoms with Gasteiger partial charge in [0.15, 0.2) is 0 Å². The summed E-state index contributed by atoms with van der Waals surface area (Å²) >= 11 is 5.83. The van der Waals surface area contributed by atoms with Gasteiger partial charge in [-0.05, 0) is 35.9 Å². The van der Waals surface area contributed by atoms with Crippen LogP contribution < -0.4 is 5.32 Å². The van der Waals surface area contributed by atoms with E-state index < -0.39 is 11.7 Å². The molecule has 7 heteroatoms. The molecule has 0 bridgehead atoms. The monoisotopic (exact) mass is 373 g/mol. The first kappa shape index (κ1) is 19.4. The molecule has 0 heterocycles. The smallest absolute Gasteiger partial charge is 0.252 e. The molecule has 2 aromatic carbocycles. The molecule has 0 saturated heterocycles. The Bertz CT molecular complexity index is 864. The lowest BCUT2D eigenvalue weighted by atomic mass is 10.1. The lowest BCUT2D eigenvalue weighted by Gasteiger charge is -2.17. The molecule has 0 aliphatic rings. The highest BCUT2D eigenvalue weighted by Gasteiger charge is 2.13. The third-order valence-electron chi connectivity index (χ3n) is 3.70. The molecule has 0 aromatic heterocycles. The van der Waals surface area contributed by atoms with Crippen molar-refractivity contribution in [3.05, 3.63) is 70.0 Å². The van der Waals surface area contributed by atoms with Crippen molar-refractivity contribution in [2.75, 3.05) is 13.6 Å². The van der Waals surface area contributed by atoms with E-state index in [9.17, 15) is 14.0 Å². The van der Waals surface area contributed by atoms with Crippen LogP contribution in [0, 0.1) is 17.1 Å². The molecule has 2 rings (SSSR count). The summed E-state index contributed by atoms with van der Waals surface area (Å²) < 4.78 is 13.0. The van der Waals surface area contributed by atoms with Crippen molar-refractivity contribution in [3.8, 4) is 6.07 Å². The minimum atomic E-state index is -0.524. The fraction of sp³-hybridized carbons (Fsp3) is 0.211. The first-order valence-corrected chi connectivity index (χ1v) is 8.24. The molecule has 134 valence electrons. The molecule has 0 aliphatic carbocycles. The number of hydrogen-bond acceptors (Lipinski definition) is 3. The summed E-state index contributed by atoms with van der Waals surface area (Å²) in [5.74, 6) is -1.14. The highest BCUT2D eigenvalue weighted by molar-refractivity contribution is 6.33. The summed E-state index contributed by atoms with van der Waals surface area (Å²) in [6, 6.07) is 12.6. The van der Waals surface area contributed by atoms with Crippen molar-refractivity contribution in [1.29, 1.82) is 5.26 Å². The number of nitrogens with one attached hydrogen (secondary N) is 1. The summed E-state index contributed by atoms with van der Waals surface area (Å²) in [4.78, 5) is 25.7. The van der Waals surface area contributed by atoms with E-state index in [0.717, 1.165) is 17.7 Å². The minimum Gasteiger partial charge on any atom is -0.351 e. The van der Waals surface area contributed by atoms with Crippen LogP contribution in [0.2, 0.25) is 5.02 Å². The van der Waals surface area contributed by atoms with E-state index in [1.54, 1.807) is 25.2 Å². The molecule has 0 unspecified atom stereocenters. The van der Waals surface area contributed by atoms with Crippen molar-refractivity contribution >= 4 is 23.4 Å². The molecule has 2 aromatic rings. The number of hydrogen-bond donors (Lipinski definition) is 1. The van der Waals surface area contributed by atoms with Gasteiger partial charge >= 0.3 is 0 Å². The molecule has 0 spiro atoms. The first-order chi connectivity index (χ1) is 12.4. The van der Waals surface area contributed by atoms with Crippen molar-refractivity contribution in [3.63, 3.8) is 0 Å². The van der Waals surface area contributed by atoms with Gasteiger partial charge in [0, 0.05) is 26.6 Å². The third-order valence-corrected chi connectivity index (χ3v) is 4.01. The van der Waals surface area contributed by atoms with Crippen molar-refractivity contribution in [1.82, 2.24) is 10.2 Å². The highest BCUT2D eigenvalue weighted by Crippen LogP contribution is 2.17. The van der Waals surface area contributed by atoms with Crippen LogP contribution in [-0.4, -0.2) is 30.3 Å². The van der Waals surface area contributed by atoms with E-state index in [0.29, 0.717) is 12.1 Å². The second-order valence-corrected chi connectivity index (χ2v) is 6.10. The number of nitriles is 1. The lowest BCUT2D eigenvalue weighted by Crippen LogP contribution is -2.32. The maximum atomic E-state index is 13.0. The van der Waals surface area contributed by atoms with Gasteiger partial charge in [-0.1, -0.05) is 23.7 Å². The molecule has 5 nitrogen and oxygen atoms in total. The van der Waals surface area contributed by atoms with Crippen LogP contribution in [0.3, 0.4) is 0 Å². The number of amides is 2. The summed E-state index contributed by atoms with van der Waals surface area (Å²) in [7, 11) is 1.65. The van der Waals surface area contributed by atoms with Gasteiger partial charge in [-0.25, -0.2) is 4.39 Å². The highest BCUT2D eigenvalue weighted by atomic mass is 35.5. The summed E-state index contributed by atoms with van der Waals surface area (Å²) in [5, 5.41) is 11.5. The van der Waals surface area contributed by atoms with Crippen LogP contribution in [0.4, 0.5) is 4.39 Å². The van der Waals surface area contributed by atoms with Crippen LogP contribution in [-0.2, 0) is 11.3 Å². The zero-order valence-corrected chi connectivity index (χ0v) is 14.9. The Hall–Kier alpha value is -2.91. The van der Waals surface area contributed by atoms with Crippen molar-refractivity contribution in [2.24, 2.45) is 0 Å². The Balaban J connectivity index is 1.84. The van der Waals surface area contributed by atoms with E-state index in [1.165, 1.54) is 11.0 Å². The van der Waals surface area contributed by atoms with Gasteiger partial charge in [-0.15, -0.1) is 0 Å². The van der Waals surface area contributed by atoms with E-state index in [2.05, 4.69) is 11.4 Å². The van der Waals surface area contributed by atoms with Gasteiger partial charge in [-0.3, -0.25) is 9.59 Å². The molecule has 26 heavy (non-hydrogen) atoms. The van der Waals surface area contributed by atoms with Crippen LogP contribution in [0.25, 0.3) is 0 Å². The second kappa shape index (κ2) is 8.97. The van der Waals surface area contributed by atoms with Gasteiger partial charge in [0.25, 0.3) is 5.91 Å². The largest absolute Gasteiger partial charge is 0.351 e. The van der Waals surface area contributed by atoms with Gasteiger partial charge in [0.2, 0.25) is 5.91 Å². The predicted molar refractivity (Wildman–Crippen MR) is 96.0 cm³/mol. The van der Waals surface area contributed by atoms with Gasteiger partial charge in [0.1, 0.15) is 5.82 Å². The van der Waals surface area contributed by atoms with Crippen molar-refractivity contribution < 1.29 is 14.0 Å². The van der Waals surface area contributed by atoms with E-state index in [1.807, 2.05) is 6.07 Å². The number of nitrogens with zero attached hydrogens (tertiary/aromatic N) is 2. The fourth-order valence-electron chi connectivity index (χ4n) is 2.34. The number of carbonyl (C=O) groups is 2. The average molecular weight is 374 g/mol. The zero-order chi connectivity index (χ0) is 19.1. The number of carbonyl (C=O) groups excluding carboxylic acids is 2. The number of benzene rings is 2. The molecule has 1 N–H and O–H groups in total. The maximum absolute atomic E-state index is 13.0. The molecule has 0 radical (unpaired) electrons. The van der Waals surface area contributed by atoms with Crippen LogP contribution in [0.1, 0.15) is 27.9 Å². The first-order valence-electron chi connectivity index (χ1n) is 7.87. The van der Waals surface area contributed by atoms with Crippen LogP contribution >= 0.6 is 11.6 Å². The predicted octanol–water partition coefficient (Wildman–Crippen LogP) is 3.13. The third kappa shape index (κ3) is 5.30. The Morgan fingerprint density at radius 2 is 2.04 bits per heavy atom. The second-order valence-electron chi connectivity index (χ2n) is 5.69. The zero-order valence-electron chi connectivity index (χ0n) is 14.1. The van der Waals surface area contributed by atoms with Crippen LogP contribution in [0.15, 0.2) is 42.5 Å². The number of rotatable bonds is 6. The summed E-state index contributed by atoms with van der Waals surface area (Å²) in [5.41, 5.74) is 1.54. The molecule has 0 aliphatic heterocycles. The normalized spacial score (nSPS) is 10.1. The summed E-state index contributed by atoms with van der Waals surface area (Å²) in [6.45, 7) is 0.500. The molecular weight excluding hydrogens is 357 g/mol. The lowest BCUT2D eigenvalue weighted by molar-refractivity contribution is -0.130. The number of halogens is 2. The molecule has 0 atom stereocenters.